The molecule has 15 heavy (non-hydrogen) atoms. The third-order valence-electron chi connectivity index (χ3n) is 1.95. The first-order chi connectivity index (χ1) is 7.10. The lowest BCUT2D eigenvalue weighted by atomic mass is 10.2. The van der Waals surface area contributed by atoms with Gasteiger partial charge in [-0.2, -0.15) is 4.68 Å². The molecule has 1 aromatic heterocycles. The maximum Gasteiger partial charge on any atom is 0.154 e. The van der Waals surface area contributed by atoms with E-state index < -0.39 is 0 Å². The third-order valence-corrected chi connectivity index (χ3v) is 1.95. The molecule has 0 aromatic carbocycles. The number of allylic oxidation sites excluding steroid dienone is 2. The van der Waals surface area contributed by atoms with Gasteiger partial charge in [0.15, 0.2) is 11.6 Å². The van der Waals surface area contributed by atoms with Gasteiger partial charge in [0.25, 0.3) is 0 Å². The van der Waals surface area contributed by atoms with Crippen LogP contribution in [0.4, 0.5) is 0 Å². The van der Waals surface area contributed by atoms with Crippen LogP contribution in [0.25, 0.3) is 5.82 Å². The molecule has 4 heteroatoms. The predicted octanol–water partition coefficient (Wildman–Crippen LogP) is 2.39. The summed E-state index contributed by atoms with van der Waals surface area (Å²) < 4.78 is 1.67. The molecule has 4 nitrogen and oxygen atoms in total. The van der Waals surface area contributed by atoms with Crippen molar-refractivity contribution in [2.24, 2.45) is 4.99 Å². The van der Waals surface area contributed by atoms with Crippen LogP contribution in [0.3, 0.4) is 0 Å². The van der Waals surface area contributed by atoms with E-state index in [1.807, 2.05) is 6.92 Å². The summed E-state index contributed by atoms with van der Waals surface area (Å²) in [5, 5.41) is 4.35. The largest absolute Gasteiger partial charge is 0.245 e. The van der Waals surface area contributed by atoms with Crippen LogP contribution in [0.15, 0.2) is 23.7 Å². The molecule has 0 spiro atoms. The van der Waals surface area contributed by atoms with Gasteiger partial charge in [-0.1, -0.05) is 26.5 Å². The normalized spacial score (nSPS) is 11.9. The van der Waals surface area contributed by atoms with E-state index in [1.165, 1.54) is 0 Å². The van der Waals surface area contributed by atoms with E-state index >= 15 is 0 Å². The van der Waals surface area contributed by atoms with Crippen LogP contribution in [0, 0.1) is 6.92 Å². The highest BCUT2D eigenvalue weighted by Gasteiger charge is 2.10. The van der Waals surface area contributed by atoms with Gasteiger partial charge in [-0.15, -0.1) is 5.10 Å². The minimum Gasteiger partial charge on any atom is -0.245 e. The molecule has 0 unspecified atom stereocenters. The lowest BCUT2D eigenvalue weighted by molar-refractivity contribution is 0.754. The summed E-state index contributed by atoms with van der Waals surface area (Å²) in [5.41, 5.74) is 0. The lowest BCUT2D eigenvalue weighted by Gasteiger charge is -2.01. The Labute approximate surface area is 90.1 Å². The fourth-order valence-corrected chi connectivity index (χ4v) is 1.17. The second-order valence-electron chi connectivity index (χ2n) is 3.50. The Morgan fingerprint density at radius 2 is 2.20 bits per heavy atom. The number of aliphatic imine (C=N–C) groups is 1. The Bertz CT molecular complexity index is 399. The highest BCUT2D eigenvalue weighted by molar-refractivity contribution is 5.52. The second-order valence-corrected chi connectivity index (χ2v) is 3.50. The van der Waals surface area contributed by atoms with Crippen molar-refractivity contribution >= 4 is 12.5 Å². The van der Waals surface area contributed by atoms with Gasteiger partial charge in [0.1, 0.15) is 5.82 Å². The van der Waals surface area contributed by atoms with Crippen LogP contribution in [-0.2, 0) is 0 Å². The minimum absolute atomic E-state index is 0.305. The summed E-state index contributed by atoms with van der Waals surface area (Å²) in [7, 11) is 0. The highest BCUT2D eigenvalue weighted by atomic mass is 15.4. The van der Waals surface area contributed by atoms with Gasteiger partial charge >= 0.3 is 0 Å². The van der Waals surface area contributed by atoms with Crippen molar-refractivity contribution in [2.45, 2.75) is 26.7 Å². The molecule has 0 saturated carbocycles. The quantitative estimate of drug-likeness (QED) is 0.558. The smallest absolute Gasteiger partial charge is 0.154 e. The van der Waals surface area contributed by atoms with Crippen molar-refractivity contribution in [1.29, 1.82) is 0 Å². The van der Waals surface area contributed by atoms with E-state index in [0.29, 0.717) is 11.7 Å². The van der Waals surface area contributed by atoms with Crippen molar-refractivity contribution in [1.82, 2.24) is 14.8 Å². The Morgan fingerprint density at radius 1 is 1.53 bits per heavy atom. The van der Waals surface area contributed by atoms with Crippen molar-refractivity contribution in [3.63, 3.8) is 0 Å². The Morgan fingerprint density at radius 3 is 2.60 bits per heavy atom. The molecular weight excluding hydrogens is 188 g/mol. The summed E-state index contributed by atoms with van der Waals surface area (Å²) >= 11 is 0. The molecule has 0 aliphatic carbocycles. The van der Waals surface area contributed by atoms with Gasteiger partial charge in [-0.05, 0) is 19.7 Å². The summed E-state index contributed by atoms with van der Waals surface area (Å²) in [6.45, 7) is 13.1. The van der Waals surface area contributed by atoms with Crippen molar-refractivity contribution < 1.29 is 0 Å². The Balaban J connectivity index is 3.19. The molecule has 80 valence electrons. The average molecular weight is 204 g/mol. The molecule has 0 saturated heterocycles. The van der Waals surface area contributed by atoms with Gasteiger partial charge in [0.05, 0.1) is 0 Å². The molecular formula is C11H16N4. The third kappa shape index (κ3) is 2.40. The number of rotatable bonds is 4. The molecule has 1 aromatic rings. The van der Waals surface area contributed by atoms with Crippen molar-refractivity contribution in [3.05, 3.63) is 30.4 Å². The SMILES string of the molecule is C=C/C=C(\N=C)n1nc(C(C)C)nc1C. The van der Waals surface area contributed by atoms with E-state index in [0.717, 1.165) is 11.6 Å². The summed E-state index contributed by atoms with van der Waals surface area (Å²) in [6, 6.07) is 0. The molecule has 1 heterocycles. The monoisotopic (exact) mass is 204 g/mol. The Kier molecular flexibility index (Phi) is 3.55. The number of hydrogen-bond donors (Lipinski definition) is 0. The van der Waals surface area contributed by atoms with Gasteiger partial charge in [-0.3, -0.25) is 0 Å². The second kappa shape index (κ2) is 4.68. The molecule has 0 bridgehead atoms. The zero-order valence-corrected chi connectivity index (χ0v) is 9.44. The summed E-state index contributed by atoms with van der Waals surface area (Å²) in [4.78, 5) is 8.23. The topological polar surface area (TPSA) is 43.1 Å². The summed E-state index contributed by atoms with van der Waals surface area (Å²) in [5.74, 6) is 2.56. The maximum atomic E-state index is 4.35. The molecule has 0 N–H and O–H groups in total. The first kappa shape index (κ1) is 11.4. The van der Waals surface area contributed by atoms with Crippen LogP contribution in [-0.4, -0.2) is 21.5 Å². The number of aromatic nitrogens is 3. The van der Waals surface area contributed by atoms with E-state index in [4.69, 9.17) is 0 Å². The molecule has 1 rings (SSSR count). The van der Waals surface area contributed by atoms with E-state index in [-0.39, 0.29) is 0 Å². The maximum absolute atomic E-state index is 4.35. The van der Waals surface area contributed by atoms with Gasteiger partial charge < -0.3 is 0 Å². The minimum atomic E-state index is 0.305. The van der Waals surface area contributed by atoms with Crippen LogP contribution in [0.1, 0.15) is 31.4 Å². The molecule has 0 amide bonds. The average Bonchev–Trinajstić information content (AvgIpc) is 2.57. The van der Waals surface area contributed by atoms with Gasteiger partial charge in [-0.25, -0.2) is 9.98 Å². The zero-order chi connectivity index (χ0) is 11.4. The number of aryl methyl sites for hydroxylation is 1. The van der Waals surface area contributed by atoms with E-state index in [1.54, 1.807) is 16.8 Å². The zero-order valence-electron chi connectivity index (χ0n) is 9.44. The van der Waals surface area contributed by atoms with Crippen LogP contribution >= 0.6 is 0 Å². The van der Waals surface area contributed by atoms with Crippen molar-refractivity contribution in [3.8, 4) is 0 Å². The van der Waals surface area contributed by atoms with Crippen LogP contribution < -0.4 is 0 Å². The van der Waals surface area contributed by atoms with Crippen LogP contribution in [0.5, 0.6) is 0 Å². The van der Waals surface area contributed by atoms with E-state index in [2.05, 4.69) is 42.2 Å². The molecule has 0 aliphatic heterocycles. The molecule has 0 radical (unpaired) electrons. The fourth-order valence-electron chi connectivity index (χ4n) is 1.17. The summed E-state index contributed by atoms with van der Waals surface area (Å²) in [6.07, 6.45) is 3.40. The van der Waals surface area contributed by atoms with E-state index in [9.17, 15) is 0 Å². The first-order valence-electron chi connectivity index (χ1n) is 4.83. The Hall–Kier alpha value is -1.71. The standard InChI is InChI=1S/C11H16N4/c1-6-7-10(12-5)15-9(4)13-11(14-15)8(2)3/h6-8H,1,5H2,2-4H3/b10-7+. The van der Waals surface area contributed by atoms with Gasteiger partial charge in [0, 0.05) is 5.92 Å². The number of hydrogen-bond acceptors (Lipinski definition) is 3. The highest BCUT2D eigenvalue weighted by Crippen LogP contribution is 2.13. The van der Waals surface area contributed by atoms with Crippen LogP contribution in [0.2, 0.25) is 0 Å². The lowest BCUT2D eigenvalue weighted by Crippen LogP contribution is -2.00. The fraction of sp³-hybridized carbons (Fsp3) is 0.364. The van der Waals surface area contributed by atoms with Gasteiger partial charge in [0.2, 0.25) is 0 Å². The first-order valence-corrected chi connectivity index (χ1v) is 4.83. The molecule has 0 aliphatic rings. The number of nitrogens with zero attached hydrogens (tertiary/aromatic N) is 4. The molecule has 0 fully saturated rings. The predicted molar refractivity (Wildman–Crippen MR) is 62.9 cm³/mol. The van der Waals surface area contributed by atoms with Crippen molar-refractivity contribution in [2.75, 3.05) is 0 Å². The molecule has 0 atom stereocenters.